The molecule has 6 heteroatoms. The molecule has 31 heavy (non-hydrogen) atoms. The molecule has 1 saturated carbocycles. The molecule has 0 bridgehead atoms. The summed E-state index contributed by atoms with van der Waals surface area (Å²) >= 11 is 0. The summed E-state index contributed by atoms with van der Waals surface area (Å²) in [6, 6.07) is 18.3. The molecule has 0 radical (unpaired) electrons. The molecule has 3 amide bonds. The maximum Gasteiger partial charge on any atom is 0.317 e. The van der Waals surface area contributed by atoms with Gasteiger partial charge in [-0.2, -0.15) is 0 Å². The van der Waals surface area contributed by atoms with Crippen molar-refractivity contribution in [3.8, 4) is 0 Å². The monoisotopic (exact) mass is 420 g/mol. The lowest BCUT2D eigenvalue weighted by Crippen LogP contribution is -2.52. The van der Waals surface area contributed by atoms with Crippen LogP contribution in [-0.2, 0) is 4.79 Å². The number of nitrogens with one attached hydrogen (secondary N) is 2. The van der Waals surface area contributed by atoms with Crippen LogP contribution in [0.25, 0.3) is 0 Å². The van der Waals surface area contributed by atoms with Crippen molar-refractivity contribution in [3.63, 3.8) is 0 Å². The van der Waals surface area contributed by atoms with Crippen molar-refractivity contribution < 1.29 is 9.59 Å². The molecule has 2 N–H and O–H groups in total. The topological polar surface area (TPSA) is 64.7 Å². The van der Waals surface area contributed by atoms with Gasteiger partial charge in [-0.3, -0.25) is 4.79 Å². The van der Waals surface area contributed by atoms with Gasteiger partial charge in [0.05, 0.1) is 0 Å². The summed E-state index contributed by atoms with van der Waals surface area (Å²) in [7, 11) is 0. The van der Waals surface area contributed by atoms with Crippen LogP contribution in [0.2, 0.25) is 0 Å². The number of anilines is 2. The molecule has 0 spiro atoms. The number of urea groups is 1. The Balaban J connectivity index is 1.24. The first-order valence-corrected chi connectivity index (χ1v) is 11.4. The summed E-state index contributed by atoms with van der Waals surface area (Å²) in [5.41, 5.74) is 3.20. The molecule has 2 fully saturated rings. The van der Waals surface area contributed by atoms with E-state index in [0.29, 0.717) is 5.92 Å². The second kappa shape index (κ2) is 9.86. The highest BCUT2D eigenvalue weighted by Gasteiger charge is 2.43. The zero-order chi connectivity index (χ0) is 21.6. The third-order valence-corrected chi connectivity index (χ3v) is 6.23. The van der Waals surface area contributed by atoms with E-state index in [1.807, 2.05) is 47.4 Å². The van der Waals surface area contributed by atoms with Gasteiger partial charge in [-0.05, 0) is 48.6 Å². The van der Waals surface area contributed by atoms with Gasteiger partial charge < -0.3 is 20.4 Å². The van der Waals surface area contributed by atoms with Crippen LogP contribution < -0.4 is 15.5 Å². The number of hydrogen-bond acceptors (Lipinski definition) is 3. The van der Waals surface area contributed by atoms with Gasteiger partial charge in [0.1, 0.15) is 0 Å². The molecule has 2 aromatic rings. The van der Waals surface area contributed by atoms with Gasteiger partial charge in [0, 0.05) is 50.0 Å². The maximum absolute atomic E-state index is 12.6. The molecule has 4 rings (SSSR count). The standard InChI is InChI=1S/C25H32N4O2/c1-2-3-13-26-25(31)29-16-14-28(15-17-29)21-11-9-20(10-12-21)27-24(30)23-18-22(23)19-7-5-4-6-8-19/h4-12,22-23H,2-3,13-18H2,1H3,(H,26,31)(H,27,30)/t22-,23+/m0/s1. The summed E-state index contributed by atoms with van der Waals surface area (Å²) in [5, 5.41) is 6.05. The van der Waals surface area contributed by atoms with Crippen LogP contribution in [0.4, 0.5) is 16.2 Å². The van der Waals surface area contributed by atoms with E-state index in [4.69, 9.17) is 0 Å². The SMILES string of the molecule is CCCCNC(=O)N1CCN(c2ccc(NC(=O)[C@@H]3C[C@H]3c3ccccc3)cc2)CC1. The fourth-order valence-electron chi connectivity index (χ4n) is 4.20. The van der Waals surface area contributed by atoms with E-state index in [9.17, 15) is 9.59 Å². The van der Waals surface area contributed by atoms with Crippen LogP contribution in [0.1, 0.15) is 37.7 Å². The van der Waals surface area contributed by atoms with Crippen LogP contribution in [0.15, 0.2) is 54.6 Å². The summed E-state index contributed by atoms with van der Waals surface area (Å²) in [4.78, 5) is 28.9. The Morgan fingerprint density at radius 3 is 2.35 bits per heavy atom. The third-order valence-electron chi connectivity index (χ3n) is 6.23. The Bertz CT molecular complexity index is 876. The van der Waals surface area contributed by atoms with Crippen LogP contribution >= 0.6 is 0 Å². The number of carbonyl (C=O) groups is 2. The number of nitrogens with zero attached hydrogens (tertiary/aromatic N) is 2. The minimum absolute atomic E-state index is 0.0417. The lowest BCUT2D eigenvalue weighted by atomic mass is 10.1. The highest BCUT2D eigenvalue weighted by Crippen LogP contribution is 2.47. The molecule has 0 aromatic heterocycles. The summed E-state index contributed by atoms with van der Waals surface area (Å²) in [6.07, 6.45) is 3.02. The molecule has 164 valence electrons. The van der Waals surface area contributed by atoms with Crippen LogP contribution in [0.5, 0.6) is 0 Å². The fraction of sp³-hybridized carbons (Fsp3) is 0.440. The van der Waals surface area contributed by atoms with Crippen LogP contribution in [-0.4, -0.2) is 49.6 Å². The molecule has 6 nitrogen and oxygen atoms in total. The van der Waals surface area contributed by atoms with Gasteiger partial charge in [-0.15, -0.1) is 0 Å². The summed E-state index contributed by atoms with van der Waals surface area (Å²) < 4.78 is 0. The van der Waals surface area contributed by atoms with Crippen molar-refractivity contribution in [1.82, 2.24) is 10.2 Å². The Kier molecular flexibility index (Phi) is 6.75. The Morgan fingerprint density at radius 2 is 1.68 bits per heavy atom. The number of amides is 3. The predicted molar refractivity (Wildman–Crippen MR) is 124 cm³/mol. The smallest absolute Gasteiger partial charge is 0.317 e. The minimum atomic E-state index is 0.0417. The lowest BCUT2D eigenvalue weighted by Gasteiger charge is -2.36. The van der Waals surface area contributed by atoms with E-state index < -0.39 is 0 Å². The largest absolute Gasteiger partial charge is 0.368 e. The quantitative estimate of drug-likeness (QED) is 0.664. The molecule has 1 heterocycles. The van der Waals surface area contributed by atoms with E-state index in [0.717, 1.165) is 63.4 Å². The molecule has 1 saturated heterocycles. The van der Waals surface area contributed by atoms with Crippen molar-refractivity contribution in [2.24, 2.45) is 5.92 Å². The van der Waals surface area contributed by atoms with E-state index in [1.54, 1.807) is 0 Å². The molecule has 2 aromatic carbocycles. The third kappa shape index (κ3) is 5.37. The first-order chi connectivity index (χ1) is 15.2. The van der Waals surface area contributed by atoms with E-state index in [1.165, 1.54) is 5.56 Å². The predicted octanol–water partition coefficient (Wildman–Crippen LogP) is 4.06. The zero-order valence-corrected chi connectivity index (χ0v) is 18.2. The first kappa shape index (κ1) is 21.2. The first-order valence-electron chi connectivity index (χ1n) is 11.4. The molecular formula is C25H32N4O2. The number of piperazine rings is 1. The van der Waals surface area contributed by atoms with Crippen molar-refractivity contribution in [3.05, 3.63) is 60.2 Å². The minimum Gasteiger partial charge on any atom is -0.368 e. The second-order valence-corrected chi connectivity index (χ2v) is 8.46. The highest BCUT2D eigenvalue weighted by molar-refractivity contribution is 5.95. The van der Waals surface area contributed by atoms with Crippen molar-refractivity contribution in [1.29, 1.82) is 0 Å². The van der Waals surface area contributed by atoms with Crippen molar-refractivity contribution in [2.75, 3.05) is 42.9 Å². The molecule has 1 aliphatic carbocycles. The average Bonchev–Trinajstić information content (AvgIpc) is 3.62. The van der Waals surface area contributed by atoms with Crippen LogP contribution in [0.3, 0.4) is 0 Å². The average molecular weight is 421 g/mol. The second-order valence-electron chi connectivity index (χ2n) is 8.46. The van der Waals surface area contributed by atoms with Gasteiger partial charge in [0.25, 0.3) is 0 Å². The van der Waals surface area contributed by atoms with Gasteiger partial charge in [-0.1, -0.05) is 43.7 Å². The maximum atomic E-state index is 12.6. The number of carbonyl (C=O) groups excluding carboxylic acids is 2. The summed E-state index contributed by atoms with van der Waals surface area (Å²) in [5.74, 6) is 0.513. The lowest BCUT2D eigenvalue weighted by molar-refractivity contribution is -0.117. The Hall–Kier alpha value is -3.02. The number of hydrogen-bond donors (Lipinski definition) is 2. The van der Waals surface area contributed by atoms with Crippen molar-refractivity contribution in [2.45, 2.75) is 32.1 Å². The van der Waals surface area contributed by atoms with E-state index in [-0.39, 0.29) is 17.9 Å². The number of benzene rings is 2. The van der Waals surface area contributed by atoms with E-state index in [2.05, 4.69) is 34.6 Å². The molecule has 1 aliphatic heterocycles. The number of rotatable bonds is 7. The van der Waals surface area contributed by atoms with E-state index >= 15 is 0 Å². The van der Waals surface area contributed by atoms with Gasteiger partial charge >= 0.3 is 6.03 Å². The van der Waals surface area contributed by atoms with Gasteiger partial charge in [0.15, 0.2) is 0 Å². The summed E-state index contributed by atoms with van der Waals surface area (Å²) in [6.45, 7) is 5.93. The Morgan fingerprint density at radius 1 is 0.968 bits per heavy atom. The van der Waals surface area contributed by atoms with Gasteiger partial charge in [0.2, 0.25) is 5.91 Å². The Labute approximate surface area is 184 Å². The zero-order valence-electron chi connectivity index (χ0n) is 18.2. The molecule has 2 aliphatic rings. The van der Waals surface area contributed by atoms with Crippen molar-refractivity contribution >= 4 is 23.3 Å². The molecular weight excluding hydrogens is 388 g/mol. The fourth-order valence-corrected chi connectivity index (χ4v) is 4.20. The van der Waals surface area contributed by atoms with Gasteiger partial charge in [-0.25, -0.2) is 4.79 Å². The van der Waals surface area contributed by atoms with Crippen LogP contribution in [0, 0.1) is 5.92 Å². The normalized spacial score (nSPS) is 20.3. The highest BCUT2D eigenvalue weighted by atomic mass is 16.2. The molecule has 2 atom stereocenters. The number of unbranched alkanes of at least 4 members (excludes halogenated alkanes) is 1. The molecule has 0 unspecified atom stereocenters.